The number of nitrogen functional groups attached to an aromatic ring is 4. The molecule has 5 aromatic heterocycles. The van der Waals surface area contributed by atoms with Gasteiger partial charge in [0.2, 0.25) is 17.1 Å². The quantitative estimate of drug-likeness (QED) is 0.0167. The van der Waals surface area contributed by atoms with Crippen LogP contribution in [0.25, 0.3) is 43.6 Å². The van der Waals surface area contributed by atoms with Crippen molar-refractivity contribution < 1.29 is 138 Å². The van der Waals surface area contributed by atoms with Gasteiger partial charge in [-0.2, -0.15) is 4.98 Å². The molecule has 11 aromatic rings. The average molecular weight is 2320 g/mol. The Labute approximate surface area is 894 Å². The zero-order valence-electron chi connectivity index (χ0n) is 88.5. The number of aliphatic carboxylic acids is 1. The van der Waals surface area contributed by atoms with Crippen molar-refractivity contribution in [3.63, 3.8) is 0 Å². The number of hydrogen-bond donors (Lipinski definition) is 8. The van der Waals surface area contributed by atoms with Gasteiger partial charge in [-0.05, 0) is 218 Å². The monoisotopic (exact) mass is 2320 g/mol. The first-order chi connectivity index (χ1) is 70.8. The number of methoxy groups -OCH3 is 8. The van der Waals surface area contributed by atoms with E-state index in [4.69, 9.17) is 97.7 Å². The maximum absolute atomic E-state index is 15.5. The van der Waals surface area contributed by atoms with E-state index >= 15 is 4.39 Å². The van der Waals surface area contributed by atoms with Crippen molar-refractivity contribution in [1.29, 1.82) is 1.34 Å². The Bertz CT molecular complexity index is 6400. The summed E-state index contributed by atoms with van der Waals surface area (Å²) in [6.07, 6.45) is 5.46. The number of aromatic nitrogens is 9. The molecule has 2 unspecified atom stereocenters. The van der Waals surface area contributed by atoms with Crippen molar-refractivity contribution in [2.45, 2.75) is 186 Å². The van der Waals surface area contributed by atoms with Gasteiger partial charge in [0.15, 0.2) is 69.3 Å². The number of carbonyl (C=O) groups is 4. The number of carboxylic acid groups (broad SMARTS) is 1. The summed E-state index contributed by atoms with van der Waals surface area (Å²) in [6.45, 7) is 30.5. The topological polar surface area (TPSA) is 468 Å². The number of nitrogens with zero attached hydrogens (tertiary/aromatic N) is 13. The van der Waals surface area contributed by atoms with E-state index in [-0.39, 0.29) is 218 Å². The zero-order chi connectivity index (χ0) is 109. The van der Waals surface area contributed by atoms with Gasteiger partial charge >= 0.3 is 25.3 Å². The van der Waals surface area contributed by atoms with Crippen molar-refractivity contribution in [3.05, 3.63) is 166 Å². The van der Waals surface area contributed by atoms with Gasteiger partial charge in [0.25, 0.3) is 0 Å². The number of piperidine rings is 3. The maximum Gasteiger partial charge on any atom is 0.461 e. The Morgan fingerprint density at radius 2 is 0.899 bits per heavy atom. The summed E-state index contributed by atoms with van der Waals surface area (Å²) in [4.78, 5) is 94.4. The Morgan fingerprint density at radius 3 is 1.30 bits per heavy atom. The molecule has 0 bridgehead atoms. The van der Waals surface area contributed by atoms with Crippen molar-refractivity contribution in [2.24, 2.45) is 0 Å². The minimum Gasteiger partial charge on any atom is -0.493 e. The van der Waals surface area contributed by atoms with Gasteiger partial charge < -0.3 is 120 Å². The van der Waals surface area contributed by atoms with Crippen LogP contribution in [0, 0.1) is 66.0 Å². The summed E-state index contributed by atoms with van der Waals surface area (Å²) in [6, 6.07) is 23.4. The second-order valence-electron chi connectivity index (χ2n) is 38.1. The number of piperazine rings is 1. The third-order valence-corrected chi connectivity index (χ3v) is 25.7. The number of rotatable bonds is 23. The van der Waals surface area contributed by atoms with Crippen LogP contribution in [-0.2, 0) is 28.4 Å². The second kappa shape index (κ2) is 53.3. The first-order valence-corrected chi connectivity index (χ1v) is 48.5. The molecular formula is C102H133B2ClF6N20O17U. The summed E-state index contributed by atoms with van der Waals surface area (Å²) in [5.74, 6) is -1.48. The minimum atomic E-state index is -0.870. The number of halogens is 7. The van der Waals surface area contributed by atoms with Gasteiger partial charge in [-0.15, -0.1) is 0 Å². The van der Waals surface area contributed by atoms with Crippen molar-refractivity contribution in [2.75, 3.05) is 163 Å². The van der Waals surface area contributed by atoms with Crippen LogP contribution in [0.5, 0.6) is 46.0 Å². The Morgan fingerprint density at radius 1 is 0.510 bits per heavy atom. The molecule has 5 fully saturated rings. The molecule has 12 N–H and O–H groups in total. The first kappa shape index (κ1) is 118. The average Bonchev–Trinajstić information content (AvgIpc) is 1.41. The number of anilines is 5. The molecule has 47 heteroatoms. The molecule has 0 saturated carbocycles. The van der Waals surface area contributed by atoms with Gasteiger partial charge in [-0.1, -0.05) is 44.2 Å². The van der Waals surface area contributed by atoms with Crippen LogP contribution in [0.3, 0.4) is 0 Å². The molecule has 0 spiro atoms. The Kier molecular flexibility index (Phi) is 42.4. The number of benzene rings is 6. The summed E-state index contributed by atoms with van der Waals surface area (Å²) < 4.78 is 155. The summed E-state index contributed by atoms with van der Waals surface area (Å²) >= 11 is 5.62. The van der Waals surface area contributed by atoms with Crippen LogP contribution in [0.4, 0.5) is 65.2 Å². The molecular weight excluding hydrogens is 2190 g/mol. The van der Waals surface area contributed by atoms with E-state index in [9.17, 15) is 41.1 Å². The van der Waals surface area contributed by atoms with Crippen molar-refractivity contribution >= 4 is 124 Å². The van der Waals surface area contributed by atoms with Gasteiger partial charge in [0.1, 0.15) is 79.8 Å². The summed E-state index contributed by atoms with van der Waals surface area (Å²) in [7, 11) is 14.7. The van der Waals surface area contributed by atoms with Crippen LogP contribution in [0.2, 0.25) is 11.1 Å². The van der Waals surface area contributed by atoms with Gasteiger partial charge in [-0.3, -0.25) is 14.6 Å². The molecule has 3 amide bonds. The van der Waals surface area contributed by atoms with E-state index in [1.54, 1.807) is 58.5 Å². The molecule has 16 rings (SSSR count). The number of ether oxygens (including phenoxy) is 10. The number of fused-ring (bicyclic) bond motifs is 4. The van der Waals surface area contributed by atoms with E-state index in [1.165, 1.54) is 87.2 Å². The molecule has 0 aliphatic carbocycles. The van der Waals surface area contributed by atoms with Crippen LogP contribution in [-0.4, -0.2) is 263 Å². The summed E-state index contributed by atoms with van der Waals surface area (Å²) in [5.41, 5.74) is 25.2. The van der Waals surface area contributed by atoms with E-state index in [1.807, 2.05) is 83.4 Å². The number of nitrogens with one attached hydrogen (secondary N) is 3. The predicted octanol–water partition coefficient (Wildman–Crippen LogP) is 15.8. The number of nitrogens with two attached hydrogens (primary N) is 4. The number of amides is 3. The van der Waals surface area contributed by atoms with Crippen molar-refractivity contribution in [3.8, 4) is 46.0 Å². The first-order valence-electron chi connectivity index (χ1n) is 48.7. The second-order valence-corrected chi connectivity index (χ2v) is 38.5. The Hall–Kier alpha value is -12.4. The molecule has 2 radical (unpaired) electrons. The Balaban J connectivity index is 0.000000206. The number of carbonyl (C=O) groups excluding carboxylic acids is 3. The standard InChI is InChI=1S/C31H34F2N6O3.C19H26FN5O4.C16H30BNO4.C15H19FN4O2.C11H14FNO2.C10H9ClFN3O2.BH.U/c1-4-35-24(18-8-10-19(32)11-9-18)16-26(40)39-14-12-20(22(17-39)23-7-5-6-13-36-23)31-37-28-21(30(34)38-31)15-25(41-2)29(42-3)27(28)33;1-19(2,3)29-18(26)25-8-6-24(7-9-25)17-22-14-11(16(21)23-17)10-12(27-4)15(28-5)13(14)20;1-14(2,3)20-13(19)18-10-8-12(9-11-18)17-21-15(4,5)16(6,7)22-17;1-21-10-7-9-12(11(16)13(10)22-2)19-15(20-14(9)17)8-3-5-18-6-4-8;1-2-13-10(7-11(14)15)8-3-5-9(12)6-4-8;1-16-5-3-4-7(6(12)8(5)17-2)14-10(11)15-9(4)13;;/h5-11,13,15,20,22,24,35H,4,12,14,16-17H2,1-3H3,(H2,34,37,38);10H,6-9H2,1-5H3,(H2,21,22,23);12H,8-11H2,1-7H3;7-8,18H,3-6H2,1-2H3,(H2,17,19,20);3-6,10,13H,2,7H2,1H3,(H,14,15);3H,1-2H3,(H2,13,14,15);1H;/t20?,22?,24-;;;;10-;;;/m1...1.../s1/i;;;;;;1T;. The van der Waals surface area contributed by atoms with E-state index in [0.717, 1.165) is 55.6 Å². The molecule has 5 aliphatic heterocycles. The number of likely N-dealkylation sites (tertiary alicyclic amines) is 2. The number of pyridine rings is 1. The zero-order valence-corrected chi connectivity index (χ0v) is 92.5. The number of hydrogen-bond acceptors (Lipinski definition) is 33. The van der Waals surface area contributed by atoms with Crippen LogP contribution < -0.4 is 81.7 Å². The van der Waals surface area contributed by atoms with Gasteiger partial charge in [-0.25, -0.2) is 70.8 Å². The molecule has 10 heterocycles. The summed E-state index contributed by atoms with van der Waals surface area (Å²) in [5, 5.41) is 19.7. The minimum absolute atomic E-state index is 0. The molecule has 5 saturated heterocycles. The van der Waals surface area contributed by atoms with E-state index in [2.05, 4.69) is 96.9 Å². The fourth-order valence-electron chi connectivity index (χ4n) is 17.3. The third kappa shape index (κ3) is 30.1. The molecule has 149 heavy (non-hydrogen) atoms. The molecule has 5 aliphatic rings. The molecule has 6 aromatic carbocycles. The molecule has 37 nitrogen and oxygen atoms in total. The largest absolute Gasteiger partial charge is 0.493 e. The third-order valence-electron chi connectivity index (χ3n) is 25.6. The normalized spacial score (nSPS) is 16.5. The SMILES string of the molecule is CC(C)(C)OC(=O)N1CCC(B2OC(C)(C)C(C)(C)O2)CC1.CCN[C@H](CC(=O)N1CCC(c2nc(N)c3cc(OC)c(OC)c(F)c3n2)C(c2ccccn2)C1)c1ccc(F)cc1.CCN[C@H](CC(=O)O)c1ccc(F)cc1.COc1cc2c(N)nc(C3CCNCC3)nc2c(F)c1OC.COc1cc2c(N)nc(Cl)nc2c(F)c1OC.COc1cc2c(N)nc(N3CCN(C(=O)OC(C)(C)C)CC3)nc2c(F)c1OC.[3H][B].[U]. The number of carboxylic acids is 1. The smallest absolute Gasteiger partial charge is 0.461 e. The van der Waals surface area contributed by atoms with E-state index in [0.29, 0.717) is 117 Å². The van der Waals surface area contributed by atoms with Crippen LogP contribution >= 0.6 is 11.6 Å². The van der Waals surface area contributed by atoms with Crippen LogP contribution in [0.15, 0.2) is 97.2 Å². The van der Waals surface area contributed by atoms with Crippen molar-refractivity contribution in [1.82, 2.24) is 75.5 Å². The fourth-order valence-corrected chi connectivity index (χ4v) is 17.5. The van der Waals surface area contributed by atoms with Crippen LogP contribution in [0.1, 0.15) is 186 Å². The van der Waals surface area contributed by atoms with E-state index < -0.39 is 40.4 Å². The predicted molar refractivity (Wildman–Crippen MR) is 555 cm³/mol. The maximum atomic E-state index is 15.5. The molecule has 802 valence electrons. The molecule has 4 atom stereocenters. The van der Waals surface area contributed by atoms with Gasteiger partial charge in [0, 0.05) is 162 Å². The van der Waals surface area contributed by atoms with Gasteiger partial charge in [0.05, 0.1) is 74.5 Å². The fraction of sp³-hybridized carbons (Fsp3) is 0.480.